The second-order valence-electron chi connectivity index (χ2n) is 4.04. The minimum atomic E-state index is -0.219. The number of aryl methyl sites for hydroxylation is 1. The first kappa shape index (κ1) is 11.5. The van der Waals surface area contributed by atoms with Gasteiger partial charge in [0.2, 0.25) is 5.95 Å². The molecule has 17 heavy (non-hydrogen) atoms. The van der Waals surface area contributed by atoms with Crippen molar-refractivity contribution in [3.05, 3.63) is 53.6 Å². The van der Waals surface area contributed by atoms with E-state index in [0.717, 1.165) is 11.1 Å². The molecule has 0 aliphatic carbocycles. The maximum Gasteiger partial charge on any atom is 0.225 e. The summed E-state index contributed by atoms with van der Waals surface area (Å²) >= 11 is 0. The van der Waals surface area contributed by atoms with Crippen LogP contribution in [-0.4, -0.2) is 17.0 Å². The first-order valence-electron chi connectivity index (χ1n) is 5.39. The van der Waals surface area contributed by atoms with E-state index < -0.39 is 0 Å². The second kappa shape index (κ2) is 4.91. The summed E-state index contributed by atoms with van der Waals surface area (Å²) in [6.07, 6.45) is 3.56. The summed E-state index contributed by atoms with van der Waals surface area (Å²) in [6.45, 7) is 2.60. The van der Waals surface area contributed by atoms with Gasteiger partial charge in [-0.15, -0.1) is 0 Å². The predicted molar refractivity (Wildman–Crippen MR) is 65.3 cm³/mol. The van der Waals surface area contributed by atoms with Gasteiger partial charge in [0.05, 0.1) is 0 Å². The minimum absolute atomic E-state index is 0.219. The van der Waals surface area contributed by atoms with Gasteiger partial charge in [-0.2, -0.15) is 0 Å². The summed E-state index contributed by atoms with van der Waals surface area (Å²) in [6, 6.07) is 6.44. The zero-order valence-electron chi connectivity index (χ0n) is 9.89. The molecule has 3 nitrogen and oxygen atoms in total. The smallest absolute Gasteiger partial charge is 0.225 e. The lowest BCUT2D eigenvalue weighted by atomic mass is 10.2. The van der Waals surface area contributed by atoms with Crippen LogP contribution in [-0.2, 0) is 6.54 Å². The van der Waals surface area contributed by atoms with Crippen molar-refractivity contribution in [3.8, 4) is 0 Å². The molecule has 0 amide bonds. The Hall–Kier alpha value is -1.97. The third kappa shape index (κ3) is 3.00. The van der Waals surface area contributed by atoms with Crippen LogP contribution in [0.4, 0.5) is 10.3 Å². The molecule has 0 bridgehead atoms. The zero-order valence-corrected chi connectivity index (χ0v) is 9.89. The van der Waals surface area contributed by atoms with Crippen molar-refractivity contribution < 1.29 is 4.39 Å². The fourth-order valence-corrected chi connectivity index (χ4v) is 1.52. The Labute approximate surface area is 99.9 Å². The van der Waals surface area contributed by atoms with Gasteiger partial charge < -0.3 is 4.90 Å². The lowest BCUT2D eigenvalue weighted by Gasteiger charge is -2.16. The number of rotatable bonds is 3. The molecule has 1 heterocycles. The van der Waals surface area contributed by atoms with E-state index in [1.807, 2.05) is 18.9 Å². The van der Waals surface area contributed by atoms with Crippen LogP contribution in [0.1, 0.15) is 11.1 Å². The third-order valence-corrected chi connectivity index (χ3v) is 2.44. The molecule has 0 saturated carbocycles. The minimum Gasteiger partial charge on any atom is -0.340 e. The van der Waals surface area contributed by atoms with Gasteiger partial charge >= 0.3 is 0 Å². The van der Waals surface area contributed by atoms with Gasteiger partial charge in [-0.1, -0.05) is 12.1 Å². The van der Waals surface area contributed by atoms with Gasteiger partial charge in [0.15, 0.2) is 0 Å². The van der Waals surface area contributed by atoms with Crippen LogP contribution in [0.25, 0.3) is 0 Å². The molecule has 0 aliphatic rings. The molecule has 0 unspecified atom stereocenters. The second-order valence-corrected chi connectivity index (χ2v) is 4.04. The summed E-state index contributed by atoms with van der Waals surface area (Å²) in [7, 11) is 1.91. The number of benzene rings is 1. The average Bonchev–Trinajstić information content (AvgIpc) is 2.33. The highest BCUT2D eigenvalue weighted by molar-refractivity contribution is 5.31. The predicted octanol–water partition coefficient (Wildman–Crippen LogP) is 2.56. The van der Waals surface area contributed by atoms with Gasteiger partial charge in [-0.05, 0) is 30.2 Å². The molecule has 2 aromatic rings. The fraction of sp³-hybridized carbons (Fsp3) is 0.231. The van der Waals surface area contributed by atoms with Crippen LogP contribution in [0.3, 0.4) is 0 Å². The first-order chi connectivity index (χ1) is 8.15. The van der Waals surface area contributed by atoms with Crippen molar-refractivity contribution in [2.24, 2.45) is 0 Å². The number of hydrogen-bond donors (Lipinski definition) is 0. The highest BCUT2D eigenvalue weighted by atomic mass is 19.1. The van der Waals surface area contributed by atoms with Crippen molar-refractivity contribution >= 4 is 5.95 Å². The Morgan fingerprint density at radius 1 is 1.12 bits per heavy atom. The van der Waals surface area contributed by atoms with Crippen molar-refractivity contribution in [1.82, 2.24) is 9.97 Å². The molecular formula is C13H14FN3. The number of hydrogen-bond acceptors (Lipinski definition) is 3. The van der Waals surface area contributed by atoms with Crippen molar-refractivity contribution in [2.75, 3.05) is 11.9 Å². The Morgan fingerprint density at radius 3 is 2.29 bits per heavy atom. The van der Waals surface area contributed by atoms with E-state index in [0.29, 0.717) is 12.5 Å². The lowest BCUT2D eigenvalue weighted by Crippen LogP contribution is -2.18. The monoisotopic (exact) mass is 231 g/mol. The van der Waals surface area contributed by atoms with Crippen molar-refractivity contribution in [1.29, 1.82) is 0 Å². The van der Waals surface area contributed by atoms with E-state index in [9.17, 15) is 4.39 Å². The van der Waals surface area contributed by atoms with Crippen LogP contribution in [0, 0.1) is 12.7 Å². The van der Waals surface area contributed by atoms with Gasteiger partial charge in [-0.3, -0.25) is 0 Å². The van der Waals surface area contributed by atoms with Crippen LogP contribution in [0.15, 0.2) is 36.7 Å². The quantitative estimate of drug-likeness (QED) is 0.813. The molecule has 0 spiro atoms. The molecule has 0 fully saturated rings. The third-order valence-electron chi connectivity index (χ3n) is 2.44. The van der Waals surface area contributed by atoms with Gasteiger partial charge in [0, 0.05) is 26.0 Å². The molecule has 88 valence electrons. The van der Waals surface area contributed by atoms with E-state index in [2.05, 4.69) is 9.97 Å². The van der Waals surface area contributed by atoms with E-state index in [-0.39, 0.29) is 5.82 Å². The molecule has 0 N–H and O–H groups in total. The molecule has 2 rings (SSSR count). The van der Waals surface area contributed by atoms with Crippen molar-refractivity contribution in [2.45, 2.75) is 13.5 Å². The SMILES string of the molecule is Cc1cnc(N(C)Cc2ccc(F)cc2)nc1. The average molecular weight is 231 g/mol. The summed E-state index contributed by atoms with van der Waals surface area (Å²) in [5.74, 6) is 0.447. The van der Waals surface area contributed by atoms with Crippen LogP contribution < -0.4 is 4.90 Å². The molecular weight excluding hydrogens is 217 g/mol. The van der Waals surface area contributed by atoms with Gasteiger partial charge in [0.1, 0.15) is 5.82 Å². The summed E-state index contributed by atoms with van der Waals surface area (Å²) in [5, 5.41) is 0. The van der Waals surface area contributed by atoms with E-state index in [1.165, 1.54) is 12.1 Å². The Kier molecular flexibility index (Phi) is 3.32. The standard InChI is InChI=1S/C13H14FN3/c1-10-7-15-13(16-8-10)17(2)9-11-3-5-12(14)6-4-11/h3-8H,9H2,1-2H3. The molecule has 1 aromatic heterocycles. The molecule has 1 aromatic carbocycles. The highest BCUT2D eigenvalue weighted by Crippen LogP contribution is 2.10. The fourth-order valence-electron chi connectivity index (χ4n) is 1.52. The molecule has 0 saturated heterocycles. The van der Waals surface area contributed by atoms with E-state index in [1.54, 1.807) is 24.5 Å². The maximum absolute atomic E-state index is 12.8. The number of anilines is 1. The maximum atomic E-state index is 12.8. The first-order valence-corrected chi connectivity index (χ1v) is 5.39. The zero-order chi connectivity index (χ0) is 12.3. The van der Waals surface area contributed by atoms with E-state index in [4.69, 9.17) is 0 Å². The largest absolute Gasteiger partial charge is 0.340 e. The molecule has 4 heteroatoms. The van der Waals surface area contributed by atoms with Crippen LogP contribution in [0.5, 0.6) is 0 Å². The summed E-state index contributed by atoms with van der Waals surface area (Å²) in [4.78, 5) is 10.4. The van der Waals surface area contributed by atoms with Crippen LogP contribution >= 0.6 is 0 Å². The number of halogens is 1. The van der Waals surface area contributed by atoms with Gasteiger partial charge in [0.25, 0.3) is 0 Å². The summed E-state index contributed by atoms with van der Waals surface area (Å²) < 4.78 is 12.8. The molecule has 0 atom stereocenters. The summed E-state index contributed by atoms with van der Waals surface area (Å²) in [5.41, 5.74) is 2.06. The van der Waals surface area contributed by atoms with Crippen LogP contribution in [0.2, 0.25) is 0 Å². The Morgan fingerprint density at radius 2 is 1.71 bits per heavy atom. The molecule has 0 aliphatic heterocycles. The Balaban J connectivity index is 2.08. The topological polar surface area (TPSA) is 29.0 Å². The normalized spacial score (nSPS) is 10.3. The van der Waals surface area contributed by atoms with Crippen molar-refractivity contribution in [3.63, 3.8) is 0 Å². The highest BCUT2D eigenvalue weighted by Gasteiger charge is 2.04. The number of aromatic nitrogens is 2. The number of nitrogens with zero attached hydrogens (tertiary/aromatic N) is 3. The Bertz CT molecular complexity index is 479. The lowest BCUT2D eigenvalue weighted by molar-refractivity contribution is 0.627. The van der Waals surface area contributed by atoms with E-state index >= 15 is 0 Å². The van der Waals surface area contributed by atoms with Gasteiger partial charge in [-0.25, -0.2) is 14.4 Å². The molecule has 0 radical (unpaired) electrons.